The quantitative estimate of drug-likeness (QED) is 0.405. The molecule has 2 aromatic heterocycles. The van der Waals surface area contributed by atoms with Crippen molar-refractivity contribution < 1.29 is 27.5 Å². The second-order valence-corrected chi connectivity index (χ2v) is 6.28. The van der Waals surface area contributed by atoms with E-state index in [1.807, 2.05) is 19.1 Å². The van der Waals surface area contributed by atoms with Gasteiger partial charge in [0.1, 0.15) is 12.2 Å². The molecule has 0 atom stereocenters. The number of nitrogens with zero attached hydrogens (tertiary/aromatic N) is 2. The third-order valence-corrected chi connectivity index (χ3v) is 4.53. The number of benzene rings is 2. The maximum Gasteiger partial charge on any atom is 0.375 e. The lowest BCUT2D eigenvalue weighted by Gasteiger charge is -2.08. The summed E-state index contributed by atoms with van der Waals surface area (Å²) in [5, 5.41) is 0.743. The number of fused-ring (bicyclic) bond motifs is 2. The minimum absolute atomic E-state index is 0.000594. The number of ether oxygens (including phenoxy) is 2. The summed E-state index contributed by atoms with van der Waals surface area (Å²) in [5.74, 6) is -0.805. The maximum absolute atomic E-state index is 13.5. The van der Waals surface area contributed by atoms with Crippen molar-refractivity contribution in [3.05, 3.63) is 65.7 Å². The fourth-order valence-corrected chi connectivity index (χ4v) is 3.22. The van der Waals surface area contributed by atoms with E-state index in [9.17, 15) is 13.6 Å². The van der Waals surface area contributed by atoms with Crippen LogP contribution in [0.3, 0.4) is 0 Å². The highest BCUT2D eigenvalue weighted by Crippen LogP contribution is 2.28. The van der Waals surface area contributed by atoms with Crippen molar-refractivity contribution in [1.82, 2.24) is 9.55 Å². The van der Waals surface area contributed by atoms with Gasteiger partial charge in [-0.15, -0.1) is 0 Å². The number of halogens is 2. The molecule has 0 aliphatic heterocycles. The summed E-state index contributed by atoms with van der Waals surface area (Å²) in [6.45, 7) is -0.742. The second-order valence-electron chi connectivity index (χ2n) is 6.28. The Morgan fingerprint density at radius 1 is 1.14 bits per heavy atom. The summed E-state index contributed by atoms with van der Waals surface area (Å²) in [4.78, 5) is 16.8. The molecule has 0 bridgehead atoms. The molecule has 150 valence electrons. The van der Waals surface area contributed by atoms with Gasteiger partial charge in [-0.25, -0.2) is 9.78 Å². The normalized spacial score (nSPS) is 11.6. The number of rotatable bonds is 7. The number of para-hydroxylation sites is 3. The maximum atomic E-state index is 13.5. The van der Waals surface area contributed by atoms with Gasteiger partial charge in [0.05, 0.1) is 17.6 Å². The smallest absolute Gasteiger partial charge is 0.375 e. The van der Waals surface area contributed by atoms with Crippen LogP contribution in [-0.2, 0) is 22.7 Å². The van der Waals surface area contributed by atoms with Gasteiger partial charge in [-0.3, -0.25) is 4.57 Å². The van der Waals surface area contributed by atoms with Gasteiger partial charge >= 0.3 is 12.5 Å². The monoisotopic (exact) mass is 400 g/mol. The van der Waals surface area contributed by atoms with Crippen molar-refractivity contribution >= 4 is 28.0 Å². The molecular formula is C21H18F2N2O4. The molecule has 0 aliphatic carbocycles. The van der Waals surface area contributed by atoms with Gasteiger partial charge in [0.15, 0.2) is 5.82 Å². The van der Waals surface area contributed by atoms with Gasteiger partial charge in [0.25, 0.3) is 0 Å². The van der Waals surface area contributed by atoms with E-state index in [4.69, 9.17) is 13.9 Å². The molecule has 0 radical (unpaired) electrons. The Bertz CT molecular complexity index is 1170. The molecule has 6 nitrogen and oxygen atoms in total. The Morgan fingerprint density at radius 2 is 1.90 bits per heavy atom. The first kappa shape index (κ1) is 19.1. The fourth-order valence-electron chi connectivity index (χ4n) is 3.22. The van der Waals surface area contributed by atoms with E-state index in [-0.39, 0.29) is 23.7 Å². The lowest BCUT2D eigenvalue weighted by Crippen LogP contribution is -2.11. The van der Waals surface area contributed by atoms with Gasteiger partial charge in [-0.05, 0) is 25.1 Å². The largest absolute Gasteiger partial charge is 0.452 e. The summed E-state index contributed by atoms with van der Waals surface area (Å²) in [7, 11) is 0. The van der Waals surface area contributed by atoms with Gasteiger partial charge in [-0.2, -0.15) is 8.78 Å². The molecule has 2 heterocycles. The fraction of sp³-hybridized carbons (Fsp3) is 0.238. The predicted octanol–water partition coefficient (Wildman–Crippen LogP) is 5.07. The molecule has 0 saturated carbocycles. The Labute approximate surface area is 164 Å². The van der Waals surface area contributed by atoms with Crippen LogP contribution in [0.1, 0.15) is 35.4 Å². The number of carbonyl (C=O) groups is 1. The van der Waals surface area contributed by atoms with Gasteiger partial charge in [-0.1, -0.05) is 30.3 Å². The molecule has 0 amide bonds. The summed E-state index contributed by atoms with van der Waals surface area (Å²) >= 11 is 0. The SMILES string of the molecule is CCOCc1c(C(=O)OCc2nc3ccccc3n2C(F)F)oc2ccccc12. The first-order chi connectivity index (χ1) is 14.1. The van der Waals surface area contributed by atoms with E-state index in [1.54, 1.807) is 36.4 Å². The zero-order valence-electron chi connectivity index (χ0n) is 15.6. The number of hydrogen-bond donors (Lipinski definition) is 0. The van der Waals surface area contributed by atoms with Crippen LogP contribution in [0, 0.1) is 0 Å². The van der Waals surface area contributed by atoms with Gasteiger partial charge in [0.2, 0.25) is 5.76 Å². The molecule has 0 fully saturated rings. The van der Waals surface area contributed by atoms with E-state index in [0.29, 0.717) is 23.3 Å². The van der Waals surface area contributed by atoms with Gasteiger partial charge in [0, 0.05) is 17.6 Å². The summed E-state index contributed by atoms with van der Waals surface area (Å²) in [6.07, 6.45) is 0. The third-order valence-electron chi connectivity index (χ3n) is 4.53. The average Bonchev–Trinajstić information content (AvgIpc) is 3.28. The Balaban J connectivity index is 1.62. The lowest BCUT2D eigenvalue weighted by molar-refractivity contribution is 0.0353. The molecule has 0 unspecified atom stereocenters. The van der Waals surface area contributed by atoms with E-state index in [1.165, 1.54) is 0 Å². The van der Waals surface area contributed by atoms with Crippen molar-refractivity contribution in [3.8, 4) is 0 Å². The third kappa shape index (κ3) is 3.58. The van der Waals surface area contributed by atoms with Gasteiger partial charge < -0.3 is 13.9 Å². The second kappa shape index (κ2) is 8.00. The Morgan fingerprint density at radius 3 is 2.69 bits per heavy atom. The first-order valence-corrected chi connectivity index (χ1v) is 9.09. The van der Waals surface area contributed by atoms with E-state index in [0.717, 1.165) is 9.95 Å². The average molecular weight is 400 g/mol. The van der Waals surface area contributed by atoms with Crippen LogP contribution in [0.2, 0.25) is 0 Å². The van der Waals surface area contributed by atoms with Crippen molar-refractivity contribution in [2.75, 3.05) is 6.61 Å². The van der Waals surface area contributed by atoms with Crippen LogP contribution in [0.25, 0.3) is 22.0 Å². The predicted molar refractivity (Wildman–Crippen MR) is 102 cm³/mol. The van der Waals surface area contributed by atoms with Crippen LogP contribution in [0.5, 0.6) is 0 Å². The number of imidazole rings is 1. The molecule has 0 N–H and O–H groups in total. The molecule has 2 aromatic carbocycles. The van der Waals surface area contributed by atoms with Crippen LogP contribution in [0.15, 0.2) is 52.9 Å². The van der Waals surface area contributed by atoms with E-state index < -0.39 is 19.1 Å². The number of hydrogen-bond acceptors (Lipinski definition) is 5. The van der Waals surface area contributed by atoms with Crippen LogP contribution in [-0.4, -0.2) is 22.1 Å². The molecule has 0 saturated heterocycles. The highest BCUT2D eigenvalue weighted by Gasteiger charge is 2.24. The standard InChI is InChI=1S/C21H18F2N2O4/c1-2-27-11-14-13-7-3-6-10-17(13)29-19(14)20(26)28-12-18-24-15-8-4-5-9-16(15)25(18)21(22)23/h3-10,21H,2,11-12H2,1H3. The van der Waals surface area contributed by atoms with Crippen LogP contribution < -0.4 is 0 Å². The molecular weight excluding hydrogens is 382 g/mol. The lowest BCUT2D eigenvalue weighted by atomic mass is 10.1. The number of carbonyl (C=O) groups excluding carboxylic acids is 1. The van der Waals surface area contributed by atoms with Crippen molar-refractivity contribution in [2.45, 2.75) is 26.7 Å². The molecule has 0 spiro atoms. The Hall–Kier alpha value is -3.26. The minimum atomic E-state index is -2.81. The zero-order valence-corrected chi connectivity index (χ0v) is 15.6. The van der Waals surface area contributed by atoms with Crippen molar-refractivity contribution in [2.24, 2.45) is 0 Å². The molecule has 4 rings (SSSR count). The van der Waals surface area contributed by atoms with E-state index >= 15 is 0 Å². The minimum Gasteiger partial charge on any atom is -0.452 e. The Kier molecular flexibility index (Phi) is 5.26. The number of aromatic nitrogens is 2. The number of alkyl halides is 2. The topological polar surface area (TPSA) is 66.5 Å². The van der Waals surface area contributed by atoms with E-state index in [2.05, 4.69) is 4.98 Å². The number of esters is 1. The molecule has 4 aromatic rings. The number of furan rings is 1. The van der Waals surface area contributed by atoms with Crippen LogP contribution >= 0.6 is 0 Å². The zero-order chi connectivity index (χ0) is 20.4. The molecule has 0 aliphatic rings. The van der Waals surface area contributed by atoms with Crippen molar-refractivity contribution in [3.63, 3.8) is 0 Å². The van der Waals surface area contributed by atoms with Crippen molar-refractivity contribution in [1.29, 1.82) is 0 Å². The van der Waals surface area contributed by atoms with Crippen LogP contribution in [0.4, 0.5) is 8.78 Å². The highest BCUT2D eigenvalue weighted by molar-refractivity contribution is 5.96. The highest BCUT2D eigenvalue weighted by atomic mass is 19.3. The summed E-state index contributed by atoms with van der Waals surface area (Å²) < 4.78 is 44.2. The molecule has 29 heavy (non-hydrogen) atoms. The summed E-state index contributed by atoms with van der Waals surface area (Å²) in [5.41, 5.74) is 1.76. The first-order valence-electron chi connectivity index (χ1n) is 9.09. The molecule has 8 heteroatoms. The summed E-state index contributed by atoms with van der Waals surface area (Å²) in [6, 6.07) is 13.7.